The number of rotatable bonds is 4. The van der Waals surface area contributed by atoms with Crippen molar-refractivity contribution in [1.82, 2.24) is 15.2 Å². The number of nitrogens with one attached hydrogen (secondary N) is 1. The van der Waals surface area contributed by atoms with E-state index in [9.17, 15) is 22.8 Å². The number of amides is 2. The van der Waals surface area contributed by atoms with Crippen LogP contribution in [0.25, 0.3) is 0 Å². The maximum absolute atomic E-state index is 12.7. The number of hydrogen-bond donors (Lipinski definition) is 1. The molecule has 1 aromatic carbocycles. The Hall–Kier alpha value is -3.04. The zero-order valence-corrected chi connectivity index (χ0v) is 15.0. The fraction of sp³-hybridized carbons (Fsp3) is 0.389. The lowest BCUT2D eigenvalue weighted by Crippen LogP contribution is -2.42. The number of carbonyl (C=O) groups is 2. The van der Waals surface area contributed by atoms with Crippen molar-refractivity contribution in [3.05, 3.63) is 47.7 Å². The van der Waals surface area contributed by atoms with Gasteiger partial charge in [-0.1, -0.05) is 6.07 Å². The van der Waals surface area contributed by atoms with Crippen LogP contribution >= 0.6 is 0 Å². The quantitative estimate of drug-likeness (QED) is 0.858. The van der Waals surface area contributed by atoms with E-state index in [4.69, 9.17) is 9.15 Å². The number of aromatic nitrogens is 1. The van der Waals surface area contributed by atoms with E-state index >= 15 is 0 Å². The van der Waals surface area contributed by atoms with Crippen molar-refractivity contribution >= 4 is 11.8 Å². The van der Waals surface area contributed by atoms with Crippen LogP contribution < -0.4 is 10.1 Å². The summed E-state index contributed by atoms with van der Waals surface area (Å²) in [5, 5.41) is 2.71. The van der Waals surface area contributed by atoms with Gasteiger partial charge >= 0.3 is 6.18 Å². The molecule has 0 radical (unpaired) electrons. The molecule has 0 spiro atoms. The highest BCUT2D eigenvalue weighted by Gasteiger charge is 2.31. The summed E-state index contributed by atoms with van der Waals surface area (Å²) in [4.78, 5) is 29.7. The Morgan fingerprint density at radius 1 is 1.43 bits per heavy atom. The average Bonchev–Trinajstić information content (AvgIpc) is 3.06. The standard InChI is InChI=1S/C18H18F3N3O4/c1-11-8-22-15(25)5-6-24(11)17(26)14-9-28-16(23-14)10-27-13-4-2-3-12(7-13)18(19,20)21/h2-4,7,9,11H,5-6,8,10H2,1H3,(H,22,25)/t11-/m0/s1. The van der Waals surface area contributed by atoms with Gasteiger partial charge in [0.05, 0.1) is 5.56 Å². The van der Waals surface area contributed by atoms with Crippen LogP contribution in [0.2, 0.25) is 0 Å². The highest BCUT2D eigenvalue weighted by Crippen LogP contribution is 2.31. The Kier molecular flexibility index (Phi) is 5.57. The summed E-state index contributed by atoms with van der Waals surface area (Å²) in [6.07, 6.45) is -3.11. The lowest BCUT2D eigenvalue weighted by atomic mass is 10.2. The molecule has 2 heterocycles. The predicted molar refractivity (Wildman–Crippen MR) is 90.4 cm³/mol. The van der Waals surface area contributed by atoms with Crippen LogP contribution in [0.5, 0.6) is 5.75 Å². The Balaban J connectivity index is 1.64. The van der Waals surface area contributed by atoms with E-state index < -0.39 is 17.6 Å². The van der Waals surface area contributed by atoms with E-state index in [1.807, 2.05) is 0 Å². The molecule has 0 saturated carbocycles. The molecule has 150 valence electrons. The summed E-state index contributed by atoms with van der Waals surface area (Å²) < 4.78 is 48.7. The summed E-state index contributed by atoms with van der Waals surface area (Å²) in [5.74, 6) is -0.459. The third kappa shape index (κ3) is 4.62. The lowest BCUT2D eigenvalue weighted by Gasteiger charge is -2.25. The number of hydrogen-bond acceptors (Lipinski definition) is 5. The Bertz CT molecular complexity index is 866. The van der Waals surface area contributed by atoms with Gasteiger partial charge in [0.15, 0.2) is 12.3 Å². The average molecular weight is 397 g/mol. The first-order chi connectivity index (χ1) is 13.2. The minimum atomic E-state index is -4.47. The van der Waals surface area contributed by atoms with Gasteiger partial charge in [0.1, 0.15) is 12.0 Å². The summed E-state index contributed by atoms with van der Waals surface area (Å²) in [5.41, 5.74) is -0.782. The number of oxazole rings is 1. The molecule has 1 aromatic heterocycles. The van der Waals surface area contributed by atoms with Gasteiger partial charge in [-0.05, 0) is 25.1 Å². The molecule has 3 rings (SSSR count). The fourth-order valence-corrected chi connectivity index (χ4v) is 2.73. The molecule has 1 saturated heterocycles. The predicted octanol–water partition coefficient (Wildman–Crippen LogP) is 2.62. The second kappa shape index (κ2) is 7.91. The molecular weight excluding hydrogens is 379 g/mol. The van der Waals surface area contributed by atoms with Gasteiger partial charge in [-0.25, -0.2) is 4.98 Å². The first-order valence-corrected chi connectivity index (χ1v) is 8.56. The van der Waals surface area contributed by atoms with Crippen LogP contribution in [0.1, 0.15) is 35.3 Å². The maximum atomic E-state index is 12.7. The summed E-state index contributed by atoms with van der Waals surface area (Å²) in [7, 11) is 0. The van der Waals surface area contributed by atoms with E-state index in [2.05, 4.69) is 10.3 Å². The van der Waals surface area contributed by atoms with Gasteiger partial charge in [-0.3, -0.25) is 9.59 Å². The minimum Gasteiger partial charge on any atom is -0.484 e. The van der Waals surface area contributed by atoms with Gasteiger partial charge in [0, 0.05) is 25.6 Å². The van der Waals surface area contributed by atoms with Crippen molar-refractivity contribution in [3.8, 4) is 5.75 Å². The Labute approximate surface area is 158 Å². The Morgan fingerprint density at radius 2 is 2.21 bits per heavy atom. The van der Waals surface area contributed by atoms with Crippen molar-refractivity contribution in [3.63, 3.8) is 0 Å². The number of halogens is 3. The monoisotopic (exact) mass is 397 g/mol. The van der Waals surface area contributed by atoms with Crippen LogP contribution in [0.3, 0.4) is 0 Å². The molecule has 10 heteroatoms. The van der Waals surface area contributed by atoms with Crippen LogP contribution in [-0.2, 0) is 17.6 Å². The van der Waals surface area contributed by atoms with Crippen LogP contribution in [-0.4, -0.2) is 40.8 Å². The summed E-state index contributed by atoms with van der Waals surface area (Å²) >= 11 is 0. The van der Waals surface area contributed by atoms with E-state index in [1.165, 1.54) is 23.3 Å². The highest BCUT2D eigenvalue weighted by atomic mass is 19.4. The maximum Gasteiger partial charge on any atom is 0.416 e. The van der Waals surface area contributed by atoms with Crippen molar-refractivity contribution in [2.24, 2.45) is 0 Å². The fourth-order valence-electron chi connectivity index (χ4n) is 2.73. The molecule has 1 atom stereocenters. The molecule has 0 bridgehead atoms. The van der Waals surface area contributed by atoms with Crippen molar-refractivity contribution in [2.45, 2.75) is 32.2 Å². The van der Waals surface area contributed by atoms with Crippen molar-refractivity contribution in [1.29, 1.82) is 0 Å². The number of carbonyl (C=O) groups excluding carboxylic acids is 2. The van der Waals surface area contributed by atoms with Crippen LogP contribution in [0, 0.1) is 0 Å². The van der Waals surface area contributed by atoms with Gasteiger partial charge in [-0.2, -0.15) is 13.2 Å². The topological polar surface area (TPSA) is 84.7 Å². The van der Waals surface area contributed by atoms with E-state index in [-0.39, 0.29) is 48.9 Å². The molecular formula is C18H18F3N3O4. The van der Waals surface area contributed by atoms with E-state index in [1.54, 1.807) is 6.92 Å². The molecule has 1 aliphatic heterocycles. The lowest BCUT2D eigenvalue weighted by molar-refractivity contribution is -0.137. The molecule has 2 amide bonds. The minimum absolute atomic E-state index is 0.00614. The molecule has 7 nitrogen and oxygen atoms in total. The molecule has 28 heavy (non-hydrogen) atoms. The number of nitrogens with zero attached hydrogens (tertiary/aromatic N) is 2. The smallest absolute Gasteiger partial charge is 0.416 e. The molecule has 1 aliphatic rings. The molecule has 2 aromatic rings. The van der Waals surface area contributed by atoms with Crippen molar-refractivity contribution < 1.29 is 31.9 Å². The highest BCUT2D eigenvalue weighted by molar-refractivity contribution is 5.92. The first kappa shape index (κ1) is 19.7. The van der Waals surface area contributed by atoms with Gasteiger partial charge in [-0.15, -0.1) is 0 Å². The van der Waals surface area contributed by atoms with Gasteiger partial charge in [0.2, 0.25) is 11.8 Å². The van der Waals surface area contributed by atoms with E-state index in [0.717, 1.165) is 12.1 Å². The van der Waals surface area contributed by atoms with Gasteiger partial charge < -0.3 is 19.4 Å². The second-order valence-electron chi connectivity index (χ2n) is 6.34. The number of ether oxygens (including phenoxy) is 1. The zero-order valence-electron chi connectivity index (χ0n) is 15.0. The van der Waals surface area contributed by atoms with Crippen LogP contribution in [0.15, 0.2) is 34.9 Å². The van der Waals surface area contributed by atoms with Crippen molar-refractivity contribution in [2.75, 3.05) is 13.1 Å². The third-order valence-electron chi connectivity index (χ3n) is 4.26. The first-order valence-electron chi connectivity index (χ1n) is 8.56. The third-order valence-corrected chi connectivity index (χ3v) is 4.26. The molecule has 0 unspecified atom stereocenters. The zero-order chi connectivity index (χ0) is 20.3. The molecule has 1 N–H and O–H groups in total. The normalized spacial score (nSPS) is 17.8. The molecule has 1 fully saturated rings. The summed E-state index contributed by atoms with van der Waals surface area (Å²) in [6, 6.07) is 4.22. The summed E-state index contributed by atoms with van der Waals surface area (Å²) in [6.45, 7) is 2.17. The second-order valence-corrected chi connectivity index (χ2v) is 6.34. The van der Waals surface area contributed by atoms with Gasteiger partial charge in [0.25, 0.3) is 5.91 Å². The largest absolute Gasteiger partial charge is 0.484 e. The Morgan fingerprint density at radius 3 is 2.96 bits per heavy atom. The number of benzene rings is 1. The SMILES string of the molecule is C[C@H]1CNC(=O)CCN1C(=O)c1coc(COc2cccc(C(F)(F)F)c2)n1. The van der Waals surface area contributed by atoms with Crippen LogP contribution in [0.4, 0.5) is 13.2 Å². The van der Waals surface area contributed by atoms with E-state index in [0.29, 0.717) is 6.54 Å². The molecule has 0 aliphatic carbocycles. The number of alkyl halides is 3.